The minimum absolute atomic E-state index is 0.398. The maximum atomic E-state index is 2.55. The molecular formula is C30H24N2. The molecule has 0 saturated heterocycles. The maximum Gasteiger partial charge on any atom is 0.0591 e. The Labute approximate surface area is 188 Å². The number of para-hydroxylation sites is 3. The highest BCUT2D eigenvalue weighted by Crippen LogP contribution is 2.49. The lowest BCUT2D eigenvalue weighted by Crippen LogP contribution is -2.29. The predicted octanol–water partition coefficient (Wildman–Crippen LogP) is 7.74. The Balaban J connectivity index is 1.44. The van der Waals surface area contributed by atoms with E-state index < -0.39 is 0 Å². The first kappa shape index (κ1) is 17.9. The van der Waals surface area contributed by atoms with E-state index in [1.807, 2.05) is 0 Å². The quantitative estimate of drug-likeness (QED) is 0.269. The van der Waals surface area contributed by atoms with Crippen molar-refractivity contribution in [2.45, 2.75) is 24.8 Å². The van der Waals surface area contributed by atoms with Gasteiger partial charge in [-0.1, -0.05) is 72.8 Å². The average Bonchev–Trinajstić information content (AvgIpc) is 3.37. The first-order valence-electron chi connectivity index (χ1n) is 11.5. The smallest absolute Gasteiger partial charge is 0.0591 e. The Bertz CT molecular complexity index is 1450. The van der Waals surface area contributed by atoms with Crippen molar-refractivity contribution in [3.8, 4) is 5.69 Å². The van der Waals surface area contributed by atoms with E-state index in [-0.39, 0.29) is 0 Å². The summed E-state index contributed by atoms with van der Waals surface area (Å²) in [4.78, 5) is 2.55. The van der Waals surface area contributed by atoms with Crippen LogP contribution in [0.4, 0.5) is 11.4 Å². The van der Waals surface area contributed by atoms with E-state index in [1.54, 1.807) is 0 Å². The van der Waals surface area contributed by atoms with Gasteiger partial charge in [-0.15, -0.1) is 0 Å². The number of benzene rings is 4. The molecule has 0 saturated carbocycles. The van der Waals surface area contributed by atoms with Crippen LogP contribution in [0.1, 0.15) is 24.3 Å². The van der Waals surface area contributed by atoms with Gasteiger partial charge in [-0.25, -0.2) is 0 Å². The van der Waals surface area contributed by atoms with Crippen LogP contribution in [-0.2, 0) is 0 Å². The molecule has 0 fully saturated rings. The van der Waals surface area contributed by atoms with Crippen LogP contribution in [0.15, 0.2) is 109 Å². The fourth-order valence-corrected chi connectivity index (χ4v) is 5.90. The molecule has 0 bridgehead atoms. The van der Waals surface area contributed by atoms with Crippen LogP contribution in [0.5, 0.6) is 0 Å². The molecule has 1 aliphatic carbocycles. The van der Waals surface area contributed by atoms with Gasteiger partial charge in [-0.05, 0) is 54.8 Å². The number of rotatable bonds is 2. The highest BCUT2D eigenvalue weighted by Gasteiger charge is 2.38. The van der Waals surface area contributed by atoms with Gasteiger partial charge in [0.05, 0.1) is 17.1 Å². The number of allylic oxidation sites excluding steroid dienone is 1. The van der Waals surface area contributed by atoms with Gasteiger partial charge in [0, 0.05) is 33.8 Å². The first-order valence-corrected chi connectivity index (χ1v) is 11.5. The van der Waals surface area contributed by atoms with Crippen molar-refractivity contribution in [1.82, 2.24) is 4.57 Å². The molecule has 7 rings (SSSR count). The number of aromatic nitrogens is 1. The van der Waals surface area contributed by atoms with Crippen LogP contribution >= 0.6 is 0 Å². The number of hydrogen-bond donors (Lipinski definition) is 0. The summed E-state index contributed by atoms with van der Waals surface area (Å²) in [6.07, 6.45) is 7.17. The second-order valence-corrected chi connectivity index (χ2v) is 8.92. The fraction of sp³-hybridized carbons (Fsp3) is 0.133. The largest absolute Gasteiger partial charge is 0.334 e. The SMILES string of the molecule is C1=CC2C(CC1)c1ccccc1N2c1cccc(-n2c3ccccc3c3ccccc32)c1. The van der Waals surface area contributed by atoms with Crippen molar-refractivity contribution < 1.29 is 0 Å². The summed E-state index contributed by atoms with van der Waals surface area (Å²) in [5.41, 5.74) is 7.82. The van der Waals surface area contributed by atoms with Crippen LogP contribution in [-0.4, -0.2) is 10.6 Å². The topological polar surface area (TPSA) is 8.17 Å². The third-order valence-electron chi connectivity index (χ3n) is 7.23. The fourth-order valence-electron chi connectivity index (χ4n) is 5.90. The monoisotopic (exact) mass is 412 g/mol. The Kier molecular flexibility index (Phi) is 3.83. The van der Waals surface area contributed by atoms with E-state index in [1.165, 1.54) is 57.3 Å². The van der Waals surface area contributed by atoms with Crippen LogP contribution in [0.2, 0.25) is 0 Å². The third-order valence-corrected chi connectivity index (χ3v) is 7.23. The molecule has 2 heteroatoms. The Morgan fingerprint density at radius 1 is 0.656 bits per heavy atom. The second kappa shape index (κ2) is 6.86. The van der Waals surface area contributed by atoms with Gasteiger partial charge in [0.1, 0.15) is 0 Å². The van der Waals surface area contributed by atoms with Gasteiger partial charge in [-0.3, -0.25) is 0 Å². The second-order valence-electron chi connectivity index (χ2n) is 8.92. The highest BCUT2D eigenvalue weighted by molar-refractivity contribution is 6.09. The van der Waals surface area contributed by atoms with Gasteiger partial charge < -0.3 is 9.47 Å². The molecule has 2 unspecified atom stereocenters. The summed E-state index contributed by atoms with van der Waals surface area (Å²) >= 11 is 0. The van der Waals surface area contributed by atoms with Crippen molar-refractivity contribution in [1.29, 1.82) is 0 Å². The molecule has 2 atom stereocenters. The van der Waals surface area contributed by atoms with Crippen LogP contribution in [0, 0.1) is 0 Å². The van der Waals surface area contributed by atoms with Gasteiger partial charge in [0.25, 0.3) is 0 Å². The van der Waals surface area contributed by atoms with Crippen molar-refractivity contribution in [3.63, 3.8) is 0 Å². The zero-order chi connectivity index (χ0) is 21.1. The summed E-state index contributed by atoms with van der Waals surface area (Å²) in [5.74, 6) is 0.577. The van der Waals surface area contributed by atoms with Gasteiger partial charge in [0.15, 0.2) is 0 Å². The summed E-state index contributed by atoms with van der Waals surface area (Å²) in [5, 5.41) is 2.60. The summed E-state index contributed by atoms with van der Waals surface area (Å²) < 4.78 is 2.41. The van der Waals surface area contributed by atoms with Crippen molar-refractivity contribution >= 4 is 33.2 Å². The molecule has 2 aliphatic rings. The van der Waals surface area contributed by atoms with Crippen molar-refractivity contribution in [2.75, 3.05) is 4.90 Å². The van der Waals surface area contributed by atoms with E-state index in [2.05, 4.69) is 119 Å². The molecule has 0 amide bonds. The lowest BCUT2D eigenvalue weighted by atomic mass is 9.86. The zero-order valence-electron chi connectivity index (χ0n) is 17.9. The van der Waals surface area contributed by atoms with Crippen LogP contribution in [0.3, 0.4) is 0 Å². The zero-order valence-corrected chi connectivity index (χ0v) is 17.9. The number of hydrogen-bond acceptors (Lipinski definition) is 1. The van der Waals surface area contributed by atoms with Crippen molar-refractivity contribution in [2.24, 2.45) is 0 Å². The Morgan fingerprint density at radius 2 is 1.34 bits per heavy atom. The lowest BCUT2D eigenvalue weighted by Gasteiger charge is -2.30. The molecular weight excluding hydrogens is 388 g/mol. The summed E-state index contributed by atoms with van der Waals surface area (Å²) in [6, 6.07) is 35.9. The number of fused-ring (bicyclic) bond motifs is 6. The molecule has 4 aromatic carbocycles. The van der Waals surface area contributed by atoms with Gasteiger partial charge in [0.2, 0.25) is 0 Å². The molecule has 2 heterocycles. The summed E-state index contributed by atoms with van der Waals surface area (Å²) in [6.45, 7) is 0. The normalized spacial score (nSPS) is 19.4. The molecule has 154 valence electrons. The Hall–Kier alpha value is -3.78. The molecule has 0 spiro atoms. The van der Waals surface area contributed by atoms with Crippen LogP contribution < -0.4 is 4.90 Å². The molecule has 2 nitrogen and oxygen atoms in total. The van der Waals surface area contributed by atoms with E-state index in [4.69, 9.17) is 0 Å². The van der Waals surface area contributed by atoms with E-state index in [0.29, 0.717) is 12.0 Å². The lowest BCUT2D eigenvalue weighted by molar-refractivity contribution is 0.573. The molecule has 0 radical (unpaired) electrons. The maximum absolute atomic E-state index is 2.55. The summed E-state index contributed by atoms with van der Waals surface area (Å²) in [7, 11) is 0. The van der Waals surface area contributed by atoms with Crippen LogP contribution in [0.25, 0.3) is 27.5 Å². The highest BCUT2D eigenvalue weighted by atomic mass is 15.2. The average molecular weight is 413 g/mol. The van der Waals surface area contributed by atoms with E-state index in [0.717, 1.165) is 0 Å². The standard InChI is InChI=1S/C30H24N2/c1-5-16-27-23(12-1)24-13-2-6-17-28(24)31(27)21-10-9-11-22(20-21)32-29-18-7-3-14-25(29)26-15-4-8-19-30(26)32/h1-3,5-14,16-20,26,30H,4,15H2. The molecule has 5 aromatic rings. The predicted molar refractivity (Wildman–Crippen MR) is 134 cm³/mol. The third kappa shape index (κ3) is 2.47. The minimum Gasteiger partial charge on any atom is -0.334 e. The van der Waals surface area contributed by atoms with Gasteiger partial charge >= 0.3 is 0 Å². The molecule has 0 N–H and O–H groups in total. The molecule has 1 aromatic heterocycles. The molecule has 32 heavy (non-hydrogen) atoms. The van der Waals surface area contributed by atoms with Crippen molar-refractivity contribution in [3.05, 3.63) is 115 Å². The first-order chi connectivity index (χ1) is 15.9. The Morgan fingerprint density at radius 3 is 2.16 bits per heavy atom. The van der Waals surface area contributed by atoms with E-state index in [9.17, 15) is 0 Å². The number of anilines is 2. The number of nitrogens with zero attached hydrogens (tertiary/aromatic N) is 2. The van der Waals surface area contributed by atoms with E-state index >= 15 is 0 Å². The van der Waals surface area contributed by atoms with Gasteiger partial charge in [-0.2, -0.15) is 0 Å². The minimum atomic E-state index is 0.398. The molecule has 1 aliphatic heterocycles.